The highest BCUT2D eigenvalue weighted by atomic mass is 16.5. The van der Waals surface area contributed by atoms with Crippen LogP contribution in [0.15, 0.2) is 18.3 Å². The number of methoxy groups -OCH3 is 1. The fourth-order valence-corrected chi connectivity index (χ4v) is 2.11. The molecule has 0 aliphatic carbocycles. The number of carbonyl (C=O) groups excluding carboxylic acids is 2. The molecule has 0 unspecified atom stereocenters. The maximum Gasteiger partial charge on any atom is 0.225 e. The summed E-state index contributed by atoms with van der Waals surface area (Å²) < 4.78 is 5.11. The van der Waals surface area contributed by atoms with Crippen molar-refractivity contribution in [1.29, 1.82) is 0 Å². The summed E-state index contributed by atoms with van der Waals surface area (Å²) >= 11 is 0. The van der Waals surface area contributed by atoms with Crippen molar-refractivity contribution < 1.29 is 14.3 Å². The van der Waals surface area contributed by atoms with Gasteiger partial charge in [0.1, 0.15) is 0 Å². The molecule has 1 aromatic rings. The molecular formula is C13H17N3O3. The summed E-state index contributed by atoms with van der Waals surface area (Å²) in [5.41, 5.74) is 0.816. The Hall–Kier alpha value is -2.11. The third-order valence-corrected chi connectivity index (χ3v) is 3.21. The van der Waals surface area contributed by atoms with Crippen molar-refractivity contribution in [3.05, 3.63) is 23.9 Å². The third-order valence-electron chi connectivity index (χ3n) is 3.21. The number of nitrogens with one attached hydrogen (secondary N) is 1. The van der Waals surface area contributed by atoms with Gasteiger partial charge >= 0.3 is 0 Å². The minimum atomic E-state index is -0.264. The highest BCUT2D eigenvalue weighted by Gasteiger charge is 2.31. The highest BCUT2D eigenvalue weighted by Crippen LogP contribution is 2.17. The summed E-state index contributed by atoms with van der Waals surface area (Å²) in [6.07, 6.45) is 1.92. The minimum Gasteiger partial charge on any atom is -0.481 e. The van der Waals surface area contributed by atoms with Crippen molar-refractivity contribution in [2.45, 2.75) is 13.0 Å². The molecule has 0 bridgehead atoms. The second-order valence-corrected chi connectivity index (χ2v) is 4.56. The number of aromatic nitrogens is 1. The fraction of sp³-hybridized carbons (Fsp3) is 0.462. The van der Waals surface area contributed by atoms with Crippen molar-refractivity contribution in [2.24, 2.45) is 5.92 Å². The van der Waals surface area contributed by atoms with Crippen molar-refractivity contribution in [1.82, 2.24) is 15.2 Å². The minimum absolute atomic E-state index is 0.0131. The van der Waals surface area contributed by atoms with Crippen LogP contribution in [-0.4, -0.2) is 42.4 Å². The van der Waals surface area contributed by atoms with Gasteiger partial charge in [-0.1, -0.05) is 6.07 Å². The molecule has 1 aliphatic rings. The van der Waals surface area contributed by atoms with Crippen LogP contribution in [0.5, 0.6) is 5.88 Å². The maximum absolute atomic E-state index is 12.0. The van der Waals surface area contributed by atoms with Gasteiger partial charge in [0, 0.05) is 38.3 Å². The second-order valence-electron chi connectivity index (χ2n) is 4.56. The molecule has 1 fully saturated rings. The molecule has 6 nitrogen and oxygen atoms in total. The Morgan fingerprint density at radius 1 is 1.63 bits per heavy atom. The van der Waals surface area contributed by atoms with Crippen LogP contribution in [0, 0.1) is 5.92 Å². The first-order valence-electron chi connectivity index (χ1n) is 6.11. The van der Waals surface area contributed by atoms with Crippen molar-refractivity contribution >= 4 is 11.8 Å². The molecule has 0 radical (unpaired) electrons. The molecule has 1 atom stereocenters. The summed E-state index contributed by atoms with van der Waals surface area (Å²) in [7, 11) is 3.25. The number of hydrogen-bond acceptors (Lipinski definition) is 4. The molecule has 0 saturated carbocycles. The van der Waals surface area contributed by atoms with Crippen LogP contribution in [0.1, 0.15) is 12.0 Å². The molecule has 0 spiro atoms. The molecule has 1 saturated heterocycles. The Morgan fingerprint density at radius 3 is 3.05 bits per heavy atom. The van der Waals surface area contributed by atoms with Gasteiger partial charge in [-0.25, -0.2) is 4.98 Å². The second kappa shape index (κ2) is 5.69. The van der Waals surface area contributed by atoms with Gasteiger partial charge in [-0.3, -0.25) is 9.59 Å². The monoisotopic (exact) mass is 263 g/mol. The van der Waals surface area contributed by atoms with E-state index in [1.807, 2.05) is 6.07 Å². The molecule has 2 heterocycles. The van der Waals surface area contributed by atoms with Gasteiger partial charge in [0.05, 0.1) is 13.0 Å². The molecule has 6 heteroatoms. The van der Waals surface area contributed by atoms with E-state index in [2.05, 4.69) is 10.3 Å². The number of carbonyl (C=O) groups is 2. The SMILES string of the molecule is COc1ncccc1CNC(=O)[C@@H]1CC(=O)N(C)C1. The van der Waals surface area contributed by atoms with Crippen LogP contribution in [-0.2, 0) is 16.1 Å². The number of amides is 2. The zero-order chi connectivity index (χ0) is 13.8. The Balaban J connectivity index is 1.92. The molecular weight excluding hydrogens is 246 g/mol. The predicted molar refractivity (Wildman–Crippen MR) is 68.4 cm³/mol. The smallest absolute Gasteiger partial charge is 0.225 e. The molecule has 2 rings (SSSR count). The molecule has 102 valence electrons. The van der Waals surface area contributed by atoms with Crippen molar-refractivity contribution in [2.75, 3.05) is 20.7 Å². The summed E-state index contributed by atoms with van der Waals surface area (Å²) in [5.74, 6) is 0.144. The normalized spacial score (nSPS) is 18.5. The Morgan fingerprint density at radius 2 is 2.42 bits per heavy atom. The Labute approximate surface area is 111 Å². The summed E-state index contributed by atoms with van der Waals surface area (Å²) in [4.78, 5) is 29.0. The van der Waals surface area contributed by atoms with Crippen LogP contribution in [0.25, 0.3) is 0 Å². The van der Waals surface area contributed by atoms with Crippen molar-refractivity contribution in [3.8, 4) is 5.88 Å². The van der Waals surface area contributed by atoms with E-state index in [1.54, 1.807) is 24.2 Å². The van der Waals surface area contributed by atoms with Crippen LogP contribution in [0.2, 0.25) is 0 Å². The first kappa shape index (κ1) is 13.3. The van der Waals surface area contributed by atoms with Gasteiger partial charge in [-0.05, 0) is 6.07 Å². The van der Waals surface area contributed by atoms with E-state index in [-0.39, 0.29) is 24.2 Å². The lowest BCUT2D eigenvalue weighted by Crippen LogP contribution is -2.31. The Kier molecular flexibility index (Phi) is 3.99. The number of likely N-dealkylation sites (tertiary alicyclic amines) is 1. The molecule has 0 aromatic carbocycles. The number of hydrogen-bond donors (Lipinski definition) is 1. The van der Waals surface area contributed by atoms with Crippen LogP contribution in [0.4, 0.5) is 0 Å². The van der Waals surface area contributed by atoms with Gasteiger partial charge < -0.3 is 15.0 Å². The molecule has 1 aliphatic heterocycles. The van der Waals surface area contributed by atoms with Crippen molar-refractivity contribution in [3.63, 3.8) is 0 Å². The first-order valence-corrected chi connectivity index (χ1v) is 6.11. The zero-order valence-electron chi connectivity index (χ0n) is 11.0. The highest BCUT2D eigenvalue weighted by molar-refractivity contribution is 5.89. The van der Waals surface area contributed by atoms with Gasteiger partial charge in [-0.2, -0.15) is 0 Å². The van der Waals surface area contributed by atoms with E-state index in [0.29, 0.717) is 19.0 Å². The predicted octanol–water partition coefficient (Wildman–Crippen LogP) is 0.185. The number of pyridine rings is 1. The van der Waals surface area contributed by atoms with E-state index >= 15 is 0 Å². The quantitative estimate of drug-likeness (QED) is 0.841. The van der Waals surface area contributed by atoms with Gasteiger partial charge in [0.2, 0.25) is 17.7 Å². The molecule has 1 N–H and O–H groups in total. The molecule has 1 aromatic heterocycles. The Bertz CT molecular complexity index is 490. The van der Waals surface area contributed by atoms with E-state index in [9.17, 15) is 9.59 Å². The standard InChI is InChI=1S/C13H17N3O3/c1-16-8-10(6-11(16)17)12(18)15-7-9-4-3-5-14-13(9)19-2/h3-5,10H,6-8H2,1-2H3,(H,15,18)/t10-/m1/s1. The van der Waals surface area contributed by atoms with Gasteiger partial charge in [-0.15, -0.1) is 0 Å². The zero-order valence-corrected chi connectivity index (χ0v) is 11.0. The molecule has 2 amide bonds. The topological polar surface area (TPSA) is 71.5 Å². The largest absolute Gasteiger partial charge is 0.481 e. The molecule has 19 heavy (non-hydrogen) atoms. The van der Waals surface area contributed by atoms with Crippen LogP contribution in [0.3, 0.4) is 0 Å². The van der Waals surface area contributed by atoms with Gasteiger partial charge in [0.25, 0.3) is 0 Å². The lowest BCUT2D eigenvalue weighted by Gasteiger charge is -2.12. The van der Waals surface area contributed by atoms with E-state index in [4.69, 9.17) is 4.74 Å². The average molecular weight is 263 g/mol. The average Bonchev–Trinajstić information content (AvgIpc) is 2.76. The number of nitrogens with zero attached hydrogens (tertiary/aromatic N) is 2. The maximum atomic E-state index is 12.0. The van der Waals surface area contributed by atoms with E-state index in [0.717, 1.165) is 5.56 Å². The lowest BCUT2D eigenvalue weighted by molar-refractivity contribution is -0.128. The van der Waals surface area contributed by atoms with Gasteiger partial charge in [0.15, 0.2) is 0 Å². The third kappa shape index (κ3) is 3.01. The summed E-state index contributed by atoms with van der Waals surface area (Å²) in [5, 5.41) is 2.82. The number of ether oxygens (including phenoxy) is 1. The van der Waals surface area contributed by atoms with E-state index < -0.39 is 0 Å². The van der Waals surface area contributed by atoms with E-state index in [1.165, 1.54) is 7.11 Å². The van der Waals surface area contributed by atoms with Crippen LogP contribution >= 0.6 is 0 Å². The first-order chi connectivity index (χ1) is 9.11. The summed E-state index contributed by atoms with van der Waals surface area (Å²) in [6.45, 7) is 0.832. The fourth-order valence-electron chi connectivity index (χ4n) is 2.11. The van der Waals surface area contributed by atoms with Crippen LogP contribution < -0.4 is 10.1 Å². The summed E-state index contributed by atoms with van der Waals surface area (Å²) in [6, 6.07) is 3.63. The lowest BCUT2D eigenvalue weighted by atomic mass is 10.1. The number of rotatable bonds is 4.